The summed E-state index contributed by atoms with van der Waals surface area (Å²) in [6.45, 7) is 1.18. The SMILES string of the molecule is O=C(O)CN1N=C(c2nnc(N3CCC(Oc4cc(F)ccc4Br)CC3)s2)NN1. The van der Waals surface area contributed by atoms with Crippen LogP contribution in [0.15, 0.2) is 27.8 Å². The Balaban J connectivity index is 1.34. The second kappa shape index (κ2) is 8.47. The molecule has 3 heterocycles. The first kappa shape index (κ1) is 19.8. The van der Waals surface area contributed by atoms with Crippen LogP contribution in [0.25, 0.3) is 0 Å². The van der Waals surface area contributed by atoms with Gasteiger partial charge in [-0.25, -0.2) is 4.39 Å². The molecule has 0 spiro atoms. The average molecular weight is 486 g/mol. The van der Waals surface area contributed by atoms with Gasteiger partial charge in [0.2, 0.25) is 11.0 Å². The van der Waals surface area contributed by atoms with Crippen molar-refractivity contribution in [2.24, 2.45) is 5.10 Å². The van der Waals surface area contributed by atoms with Crippen LogP contribution >= 0.6 is 27.3 Å². The largest absolute Gasteiger partial charge is 0.489 e. The number of benzene rings is 1. The standard InChI is InChI=1S/C16H17BrFN7O3S/c17-11-2-1-9(18)7-12(11)28-10-3-5-24(6-4-10)16-21-20-15(29-16)14-19-23-25(22-14)8-13(26)27/h1-2,7,10,23H,3-6,8H2,(H,19,22)(H,26,27). The summed E-state index contributed by atoms with van der Waals surface area (Å²) in [7, 11) is 0. The first-order chi connectivity index (χ1) is 14.0. The average Bonchev–Trinajstić information content (AvgIpc) is 3.34. The molecule has 2 aromatic rings. The summed E-state index contributed by atoms with van der Waals surface area (Å²) in [6, 6.07) is 4.39. The molecule has 1 aromatic heterocycles. The molecule has 1 saturated heterocycles. The number of rotatable bonds is 6. The quantitative estimate of drug-likeness (QED) is 0.560. The highest BCUT2D eigenvalue weighted by molar-refractivity contribution is 9.10. The van der Waals surface area contributed by atoms with Gasteiger partial charge in [-0.15, -0.1) is 20.8 Å². The van der Waals surface area contributed by atoms with Crippen molar-refractivity contribution >= 4 is 44.2 Å². The van der Waals surface area contributed by atoms with E-state index in [9.17, 15) is 9.18 Å². The van der Waals surface area contributed by atoms with Crippen LogP contribution in [0.5, 0.6) is 5.75 Å². The van der Waals surface area contributed by atoms with Gasteiger partial charge in [0.05, 0.1) is 4.47 Å². The van der Waals surface area contributed by atoms with Crippen LogP contribution in [0.3, 0.4) is 0 Å². The molecule has 0 amide bonds. The number of halogens is 2. The predicted octanol–water partition coefficient (Wildman–Crippen LogP) is 1.56. The maximum atomic E-state index is 13.4. The van der Waals surface area contributed by atoms with E-state index in [1.54, 1.807) is 6.07 Å². The molecule has 13 heteroatoms. The molecule has 1 aromatic carbocycles. The summed E-state index contributed by atoms with van der Waals surface area (Å²) in [5.41, 5.74) is 5.43. The van der Waals surface area contributed by atoms with Gasteiger partial charge in [0, 0.05) is 32.0 Å². The summed E-state index contributed by atoms with van der Waals surface area (Å²) < 4.78 is 20.1. The molecule has 3 N–H and O–H groups in total. The smallest absolute Gasteiger partial charge is 0.326 e. The molecule has 29 heavy (non-hydrogen) atoms. The minimum atomic E-state index is -1.00. The molecular formula is C16H17BrFN7O3S. The van der Waals surface area contributed by atoms with E-state index >= 15 is 0 Å². The Labute approximate surface area is 177 Å². The van der Waals surface area contributed by atoms with E-state index in [4.69, 9.17) is 9.84 Å². The van der Waals surface area contributed by atoms with E-state index < -0.39 is 5.97 Å². The van der Waals surface area contributed by atoms with E-state index in [1.165, 1.54) is 28.6 Å². The van der Waals surface area contributed by atoms with Crippen molar-refractivity contribution in [3.05, 3.63) is 33.5 Å². The summed E-state index contributed by atoms with van der Waals surface area (Å²) >= 11 is 4.75. The number of carbonyl (C=O) groups is 1. The molecule has 4 rings (SSSR count). The Morgan fingerprint density at radius 1 is 1.38 bits per heavy atom. The first-order valence-corrected chi connectivity index (χ1v) is 10.4. The van der Waals surface area contributed by atoms with E-state index in [1.807, 2.05) is 0 Å². The lowest BCUT2D eigenvalue weighted by molar-refractivity contribution is -0.139. The number of anilines is 1. The monoisotopic (exact) mass is 485 g/mol. The third kappa shape index (κ3) is 4.74. The van der Waals surface area contributed by atoms with Gasteiger partial charge in [0.25, 0.3) is 0 Å². The number of hydrogen-bond acceptors (Lipinski definition) is 10. The number of aliphatic carboxylic acids is 1. The number of piperidine rings is 1. The van der Waals surface area contributed by atoms with Crippen LogP contribution in [0, 0.1) is 5.82 Å². The lowest BCUT2D eigenvalue weighted by Gasteiger charge is -2.31. The summed E-state index contributed by atoms with van der Waals surface area (Å²) in [5, 5.41) is 23.8. The van der Waals surface area contributed by atoms with Crippen molar-refractivity contribution in [3.63, 3.8) is 0 Å². The minimum Gasteiger partial charge on any atom is -0.489 e. The molecule has 0 aliphatic carbocycles. The highest BCUT2D eigenvalue weighted by atomic mass is 79.9. The van der Waals surface area contributed by atoms with E-state index in [0.717, 1.165) is 35.5 Å². The molecular weight excluding hydrogens is 469 g/mol. The van der Waals surface area contributed by atoms with Gasteiger partial charge in [0.1, 0.15) is 17.7 Å². The third-order valence-electron chi connectivity index (χ3n) is 4.33. The molecule has 0 bridgehead atoms. The van der Waals surface area contributed by atoms with Crippen LogP contribution < -0.4 is 20.6 Å². The fraction of sp³-hybridized carbons (Fsp3) is 0.375. The molecule has 2 aliphatic rings. The van der Waals surface area contributed by atoms with Crippen LogP contribution in [-0.4, -0.2) is 58.0 Å². The van der Waals surface area contributed by atoms with Gasteiger partial charge in [-0.1, -0.05) is 11.3 Å². The number of aromatic nitrogens is 2. The second-order valence-corrected chi connectivity index (χ2v) is 8.22. The number of hydrazine groups is 2. The molecule has 0 saturated carbocycles. The highest BCUT2D eigenvalue weighted by Gasteiger charge is 2.26. The lowest BCUT2D eigenvalue weighted by Crippen LogP contribution is -2.40. The van der Waals surface area contributed by atoms with Gasteiger partial charge in [-0.3, -0.25) is 10.2 Å². The van der Waals surface area contributed by atoms with Crippen LogP contribution in [-0.2, 0) is 4.79 Å². The number of hydrazone groups is 1. The molecule has 0 atom stereocenters. The van der Waals surface area contributed by atoms with Crippen molar-refractivity contribution in [2.45, 2.75) is 18.9 Å². The predicted molar refractivity (Wildman–Crippen MR) is 107 cm³/mol. The number of carboxylic acid groups (broad SMARTS) is 1. The van der Waals surface area contributed by atoms with Gasteiger partial charge in [-0.2, -0.15) is 5.12 Å². The fourth-order valence-electron chi connectivity index (χ4n) is 2.94. The van der Waals surface area contributed by atoms with E-state index in [0.29, 0.717) is 16.6 Å². The van der Waals surface area contributed by atoms with Crippen LogP contribution in [0.2, 0.25) is 0 Å². The molecule has 154 valence electrons. The van der Waals surface area contributed by atoms with Crippen molar-refractivity contribution in [1.82, 2.24) is 26.3 Å². The topological polar surface area (TPSA) is 115 Å². The molecule has 2 aliphatic heterocycles. The Morgan fingerprint density at radius 2 is 2.17 bits per heavy atom. The third-order valence-corrected chi connectivity index (χ3v) is 5.97. The molecule has 0 unspecified atom stereocenters. The van der Waals surface area contributed by atoms with Crippen molar-refractivity contribution in [3.8, 4) is 5.75 Å². The Kier molecular flexibility index (Phi) is 5.78. The molecule has 0 radical (unpaired) electrons. The lowest BCUT2D eigenvalue weighted by atomic mass is 10.1. The number of hydrogen-bond donors (Lipinski definition) is 3. The van der Waals surface area contributed by atoms with Crippen molar-refractivity contribution in [1.29, 1.82) is 0 Å². The number of carboxylic acids is 1. The maximum Gasteiger partial charge on any atom is 0.326 e. The van der Waals surface area contributed by atoms with Gasteiger partial charge < -0.3 is 14.7 Å². The normalized spacial score (nSPS) is 17.2. The van der Waals surface area contributed by atoms with Gasteiger partial charge >= 0.3 is 5.97 Å². The van der Waals surface area contributed by atoms with Crippen LogP contribution in [0.1, 0.15) is 17.8 Å². The minimum absolute atomic E-state index is 0.00797. The summed E-state index contributed by atoms with van der Waals surface area (Å²) in [4.78, 5) is 12.9. The Bertz CT molecular complexity index is 935. The maximum absolute atomic E-state index is 13.4. The zero-order valence-corrected chi connectivity index (χ0v) is 17.4. The number of nitrogens with one attached hydrogen (secondary N) is 2. The zero-order valence-electron chi connectivity index (χ0n) is 15.0. The number of nitrogens with zero attached hydrogens (tertiary/aromatic N) is 5. The van der Waals surface area contributed by atoms with Crippen molar-refractivity contribution < 1.29 is 19.0 Å². The highest BCUT2D eigenvalue weighted by Crippen LogP contribution is 2.30. The summed E-state index contributed by atoms with van der Waals surface area (Å²) in [6.07, 6.45) is 1.53. The second-order valence-electron chi connectivity index (χ2n) is 6.41. The first-order valence-electron chi connectivity index (χ1n) is 8.78. The van der Waals surface area contributed by atoms with E-state index in [2.05, 4.69) is 47.1 Å². The van der Waals surface area contributed by atoms with E-state index in [-0.39, 0.29) is 18.5 Å². The number of amidine groups is 1. The Hall–Kier alpha value is -2.51. The van der Waals surface area contributed by atoms with Gasteiger partial charge in [-0.05, 0) is 28.1 Å². The zero-order chi connectivity index (χ0) is 20.4. The fourth-order valence-corrected chi connectivity index (χ4v) is 4.11. The summed E-state index contributed by atoms with van der Waals surface area (Å²) in [5.74, 6) is -0.408. The number of ether oxygens (including phenoxy) is 1. The van der Waals surface area contributed by atoms with Crippen LogP contribution in [0.4, 0.5) is 9.52 Å². The molecule has 1 fully saturated rings. The van der Waals surface area contributed by atoms with Gasteiger partial charge in [0.15, 0.2) is 11.6 Å². The Morgan fingerprint density at radius 3 is 2.93 bits per heavy atom. The van der Waals surface area contributed by atoms with Crippen molar-refractivity contribution in [2.75, 3.05) is 24.5 Å². The molecule has 10 nitrogen and oxygen atoms in total.